The highest BCUT2D eigenvalue weighted by molar-refractivity contribution is 5.76. The molecule has 0 aliphatic rings. The van der Waals surface area contributed by atoms with Crippen molar-refractivity contribution in [3.8, 4) is 5.75 Å². The number of carbonyl (C=O) groups is 1. The summed E-state index contributed by atoms with van der Waals surface area (Å²) in [6.45, 7) is 1.51. The van der Waals surface area contributed by atoms with E-state index in [1.165, 1.54) is 26.2 Å². The molecule has 0 saturated carbocycles. The van der Waals surface area contributed by atoms with Crippen LogP contribution in [0, 0.1) is 12.7 Å². The third-order valence-corrected chi connectivity index (χ3v) is 2.18. The van der Waals surface area contributed by atoms with Crippen molar-refractivity contribution in [1.29, 1.82) is 0 Å². The van der Waals surface area contributed by atoms with Crippen LogP contribution in [-0.4, -0.2) is 18.2 Å². The molecule has 82 valence electrons. The molecule has 5 heteroatoms. The Kier molecular flexibility index (Phi) is 3.26. The van der Waals surface area contributed by atoms with Crippen LogP contribution in [0.15, 0.2) is 12.1 Å². The molecule has 15 heavy (non-hydrogen) atoms. The summed E-state index contributed by atoms with van der Waals surface area (Å²) in [6, 6.07) is 1.29. The monoisotopic (exact) mass is 213 g/mol. The first-order valence-electron chi connectivity index (χ1n) is 4.30. The topological polar surface area (TPSA) is 72.5 Å². The summed E-state index contributed by atoms with van der Waals surface area (Å²) in [5.41, 5.74) is 5.95. The third-order valence-electron chi connectivity index (χ3n) is 2.18. The van der Waals surface area contributed by atoms with Crippen molar-refractivity contribution in [2.75, 3.05) is 7.11 Å². The van der Waals surface area contributed by atoms with Crippen LogP contribution in [0.4, 0.5) is 4.39 Å². The molecule has 0 bridgehead atoms. The van der Waals surface area contributed by atoms with Gasteiger partial charge in [0.2, 0.25) is 0 Å². The van der Waals surface area contributed by atoms with Gasteiger partial charge in [0, 0.05) is 11.1 Å². The first-order valence-corrected chi connectivity index (χ1v) is 4.30. The fraction of sp³-hybridized carbons (Fsp3) is 0.300. The molecular weight excluding hydrogens is 201 g/mol. The minimum atomic E-state index is -1.21. The first kappa shape index (κ1) is 11.5. The highest BCUT2D eigenvalue weighted by atomic mass is 19.1. The SMILES string of the molecule is COc1c(C(N)C(=O)O)ccc(F)c1C. The molecule has 0 aliphatic heterocycles. The Bertz CT molecular complexity index is 392. The van der Waals surface area contributed by atoms with Crippen LogP contribution in [0.1, 0.15) is 17.2 Å². The van der Waals surface area contributed by atoms with E-state index in [0.29, 0.717) is 0 Å². The average molecular weight is 213 g/mol. The van der Waals surface area contributed by atoms with Gasteiger partial charge in [0.25, 0.3) is 0 Å². The second-order valence-electron chi connectivity index (χ2n) is 3.11. The Morgan fingerprint density at radius 1 is 1.60 bits per heavy atom. The van der Waals surface area contributed by atoms with Crippen LogP contribution in [0.2, 0.25) is 0 Å². The van der Waals surface area contributed by atoms with Gasteiger partial charge in [-0.2, -0.15) is 0 Å². The number of carboxylic acids is 1. The van der Waals surface area contributed by atoms with E-state index in [1.807, 2.05) is 0 Å². The zero-order valence-electron chi connectivity index (χ0n) is 8.45. The molecule has 1 aromatic rings. The molecule has 0 spiro atoms. The van der Waals surface area contributed by atoms with Crippen LogP contribution in [0.5, 0.6) is 5.75 Å². The molecule has 1 aromatic carbocycles. The number of halogens is 1. The number of hydrogen-bond acceptors (Lipinski definition) is 3. The minimum absolute atomic E-state index is 0.185. The maximum Gasteiger partial charge on any atom is 0.325 e. The zero-order valence-corrected chi connectivity index (χ0v) is 8.45. The van der Waals surface area contributed by atoms with E-state index >= 15 is 0 Å². The average Bonchev–Trinajstić information content (AvgIpc) is 2.20. The number of methoxy groups -OCH3 is 1. The fourth-order valence-corrected chi connectivity index (χ4v) is 1.34. The van der Waals surface area contributed by atoms with Gasteiger partial charge in [-0.05, 0) is 13.0 Å². The highest BCUT2D eigenvalue weighted by Gasteiger charge is 2.21. The highest BCUT2D eigenvalue weighted by Crippen LogP contribution is 2.29. The number of aliphatic carboxylic acids is 1. The molecule has 1 atom stereocenters. The van der Waals surface area contributed by atoms with Crippen molar-refractivity contribution in [3.05, 3.63) is 29.1 Å². The molecule has 0 heterocycles. The lowest BCUT2D eigenvalue weighted by molar-refractivity contribution is -0.138. The van der Waals surface area contributed by atoms with Crippen LogP contribution in [0.25, 0.3) is 0 Å². The molecule has 0 amide bonds. The van der Waals surface area contributed by atoms with E-state index < -0.39 is 17.8 Å². The van der Waals surface area contributed by atoms with E-state index in [0.717, 1.165) is 0 Å². The van der Waals surface area contributed by atoms with Gasteiger partial charge in [-0.3, -0.25) is 4.79 Å². The van der Waals surface area contributed by atoms with Gasteiger partial charge in [-0.1, -0.05) is 6.07 Å². The van der Waals surface area contributed by atoms with Gasteiger partial charge >= 0.3 is 5.97 Å². The molecule has 0 aromatic heterocycles. The lowest BCUT2D eigenvalue weighted by atomic mass is 10.0. The van der Waals surface area contributed by atoms with Gasteiger partial charge in [-0.15, -0.1) is 0 Å². The van der Waals surface area contributed by atoms with Crippen molar-refractivity contribution in [2.24, 2.45) is 5.73 Å². The largest absolute Gasteiger partial charge is 0.496 e. The second-order valence-corrected chi connectivity index (χ2v) is 3.11. The van der Waals surface area contributed by atoms with E-state index in [2.05, 4.69) is 0 Å². The molecule has 0 aliphatic carbocycles. The molecule has 0 fully saturated rings. The van der Waals surface area contributed by atoms with E-state index in [-0.39, 0.29) is 16.9 Å². The number of ether oxygens (including phenoxy) is 1. The number of carboxylic acid groups (broad SMARTS) is 1. The summed E-state index contributed by atoms with van der Waals surface area (Å²) >= 11 is 0. The van der Waals surface area contributed by atoms with Crippen LogP contribution < -0.4 is 10.5 Å². The Morgan fingerprint density at radius 2 is 2.20 bits per heavy atom. The lowest BCUT2D eigenvalue weighted by Crippen LogP contribution is -2.21. The maximum atomic E-state index is 13.1. The fourth-order valence-electron chi connectivity index (χ4n) is 1.34. The van der Waals surface area contributed by atoms with E-state index in [1.54, 1.807) is 0 Å². The Hall–Kier alpha value is -1.62. The molecule has 3 N–H and O–H groups in total. The number of benzene rings is 1. The molecule has 1 rings (SSSR count). The third kappa shape index (κ3) is 2.07. The second kappa shape index (κ2) is 4.27. The standard InChI is InChI=1S/C10H12FNO3/c1-5-7(11)4-3-6(9(5)15-2)8(12)10(13)14/h3-4,8H,12H2,1-2H3,(H,13,14). The molecule has 0 saturated heterocycles. The predicted octanol–water partition coefficient (Wildman–Crippen LogP) is 1.23. The first-order chi connectivity index (χ1) is 6.99. The van der Waals surface area contributed by atoms with E-state index in [9.17, 15) is 9.18 Å². The quantitative estimate of drug-likeness (QED) is 0.792. The lowest BCUT2D eigenvalue weighted by Gasteiger charge is -2.14. The molecular formula is C10H12FNO3. The van der Waals surface area contributed by atoms with E-state index in [4.69, 9.17) is 15.6 Å². The van der Waals surface area contributed by atoms with Crippen LogP contribution >= 0.6 is 0 Å². The number of nitrogens with two attached hydrogens (primary N) is 1. The molecule has 4 nitrogen and oxygen atoms in total. The van der Waals surface area contributed by atoms with Gasteiger partial charge in [0.05, 0.1) is 7.11 Å². The smallest absolute Gasteiger partial charge is 0.325 e. The van der Waals surface area contributed by atoms with Gasteiger partial charge in [0.15, 0.2) is 0 Å². The maximum absolute atomic E-state index is 13.1. The van der Waals surface area contributed by atoms with Crippen molar-refractivity contribution >= 4 is 5.97 Å². The summed E-state index contributed by atoms with van der Waals surface area (Å²) in [4.78, 5) is 10.7. The normalized spacial score (nSPS) is 12.3. The summed E-state index contributed by atoms with van der Waals surface area (Å²) in [5, 5.41) is 8.74. The summed E-state index contributed by atoms with van der Waals surface area (Å²) in [6.07, 6.45) is 0. The van der Waals surface area contributed by atoms with Gasteiger partial charge in [0.1, 0.15) is 17.6 Å². The van der Waals surface area contributed by atoms with Gasteiger partial charge in [-0.25, -0.2) is 4.39 Å². The number of hydrogen-bond donors (Lipinski definition) is 2. The zero-order chi connectivity index (χ0) is 11.6. The van der Waals surface area contributed by atoms with Crippen LogP contribution in [0.3, 0.4) is 0 Å². The van der Waals surface area contributed by atoms with Gasteiger partial charge < -0.3 is 15.6 Å². The summed E-state index contributed by atoms with van der Waals surface area (Å²) < 4.78 is 18.1. The number of rotatable bonds is 3. The summed E-state index contributed by atoms with van der Waals surface area (Å²) in [7, 11) is 1.35. The molecule has 0 radical (unpaired) electrons. The summed E-state index contributed by atoms with van der Waals surface area (Å²) in [5.74, 6) is -1.45. The molecule has 1 unspecified atom stereocenters. The predicted molar refractivity (Wildman–Crippen MR) is 52.3 cm³/mol. The van der Waals surface area contributed by atoms with Crippen molar-refractivity contribution < 1.29 is 19.0 Å². The Labute approximate surface area is 86.5 Å². The van der Waals surface area contributed by atoms with Crippen molar-refractivity contribution in [1.82, 2.24) is 0 Å². The van der Waals surface area contributed by atoms with Crippen LogP contribution in [-0.2, 0) is 4.79 Å². The van der Waals surface area contributed by atoms with Crippen molar-refractivity contribution in [2.45, 2.75) is 13.0 Å². The minimum Gasteiger partial charge on any atom is -0.496 e. The Morgan fingerprint density at radius 3 is 2.67 bits per heavy atom. The van der Waals surface area contributed by atoms with Crippen molar-refractivity contribution in [3.63, 3.8) is 0 Å². The Balaban J connectivity index is 3.30.